The summed E-state index contributed by atoms with van der Waals surface area (Å²) in [5.41, 5.74) is 2.65. The van der Waals surface area contributed by atoms with Gasteiger partial charge in [0.15, 0.2) is 0 Å². The summed E-state index contributed by atoms with van der Waals surface area (Å²) in [4.78, 5) is 33.5. The zero-order valence-electron chi connectivity index (χ0n) is 24.4. The first-order chi connectivity index (χ1) is 20.8. The molecule has 0 unspecified atom stereocenters. The number of anilines is 2. The number of pyridine rings is 1. The van der Waals surface area contributed by atoms with Crippen molar-refractivity contribution in [2.24, 2.45) is 0 Å². The molecule has 0 saturated carbocycles. The molecule has 0 bridgehead atoms. The summed E-state index contributed by atoms with van der Waals surface area (Å²) in [6.45, 7) is 6.95. The second-order valence-electron chi connectivity index (χ2n) is 10.7. The number of thioether (sulfide) groups is 1. The number of halogens is 1. The number of hydrogen-bond donors (Lipinski definition) is 0. The smallest absolute Gasteiger partial charge is 0.270 e. The van der Waals surface area contributed by atoms with E-state index in [0.29, 0.717) is 77.5 Å². The van der Waals surface area contributed by atoms with Gasteiger partial charge in [-0.3, -0.25) is 19.1 Å². The van der Waals surface area contributed by atoms with E-state index < -0.39 is 0 Å². The second kappa shape index (κ2) is 13.6. The van der Waals surface area contributed by atoms with Crippen LogP contribution in [0.25, 0.3) is 6.08 Å². The molecule has 2 aliphatic heterocycles. The van der Waals surface area contributed by atoms with Gasteiger partial charge in [-0.25, -0.2) is 4.39 Å². The summed E-state index contributed by atoms with van der Waals surface area (Å²) in [5, 5.41) is 10.00. The number of nitrogens with zero attached hydrogens (tertiary/aromatic N) is 5. The predicted octanol–water partition coefficient (Wildman–Crippen LogP) is 5.74. The van der Waals surface area contributed by atoms with Crippen molar-refractivity contribution in [3.05, 3.63) is 97.9 Å². The number of benzene rings is 2. The Morgan fingerprint density at radius 3 is 2.35 bits per heavy atom. The predicted molar refractivity (Wildman–Crippen MR) is 176 cm³/mol. The zero-order chi connectivity index (χ0) is 30.5. The normalized spacial score (nSPS) is 16.3. The number of amides is 1. The van der Waals surface area contributed by atoms with Crippen molar-refractivity contribution in [3.8, 4) is 6.07 Å². The van der Waals surface area contributed by atoms with Gasteiger partial charge < -0.3 is 9.80 Å². The zero-order valence-corrected chi connectivity index (χ0v) is 26.0. The number of carbonyl (C=O) groups excluding carboxylic acids is 1. The van der Waals surface area contributed by atoms with Gasteiger partial charge in [-0.2, -0.15) is 5.26 Å². The first kappa shape index (κ1) is 30.5. The van der Waals surface area contributed by atoms with E-state index in [9.17, 15) is 19.2 Å². The average Bonchev–Trinajstić information content (AvgIpc) is 3.29. The van der Waals surface area contributed by atoms with Gasteiger partial charge in [0.05, 0.1) is 10.6 Å². The lowest BCUT2D eigenvalue weighted by Crippen LogP contribution is -2.49. The molecule has 3 aromatic rings. The van der Waals surface area contributed by atoms with Crippen LogP contribution in [0.3, 0.4) is 0 Å². The number of piperazine rings is 1. The van der Waals surface area contributed by atoms with Crippen molar-refractivity contribution in [3.63, 3.8) is 0 Å². The highest BCUT2D eigenvalue weighted by atomic mass is 32.2. The molecule has 1 amide bonds. The lowest BCUT2D eigenvalue weighted by Gasteiger charge is -2.39. The van der Waals surface area contributed by atoms with Crippen LogP contribution in [0.5, 0.6) is 0 Å². The minimum Gasteiger partial charge on any atom is -0.366 e. The van der Waals surface area contributed by atoms with Crippen LogP contribution >= 0.6 is 24.0 Å². The molecular weight excluding hydrogens is 582 g/mol. The SMILES string of the molecule is CCCCn1c(N2CCN(c3ccccc3F)CC2)c(C=C2SC(=S)N(CCc3ccccc3)C2=O)c(C)c(C#N)c1=O. The number of para-hydroxylation sites is 1. The number of nitriles is 1. The molecule has 10 heteroatoms. The van der Waals surface area contributed by atoms with E-state index in [1.165, 1.54) is 17.8 Å². The maximum Gasteiger partial charge on any atom is 0.270 e. The van der Waals surface area contributed by atoms with Gasteiger partial charge in [-0.15, -0.1) is 0 Å². The largest absolute Gasteiger partial charge is 0.366 e. The standard InChI is InChI=1S/C33H34FN5O2S2/c1-3-4-15-38-30(37-19-17-36(18-20-37)28-13-9-8-12-27(28)34)25(23(2)26(22-35)31(38)40)21-29-32(41)39(33(42)43-29)16-14-24-10-6-5-7-11-24/h5-13,21H,3-4,14-20H2,1-2H3. The molecule has 5 rings (SSSR count). The minimum atomic E-state index is -0.326. The van der Waals surface area contributed by atoms with E-state index in [-0.39, 0.29) is 22.8 Å². The van der Waals surface area contributed by atoms with Gasteiger partial charge in [-0.1, -0.05) is 79.8 Å². The van der Waals surface area contributed by atoms with E-state index in [1.807, 2.05) is 41.3 Å². The third-order valence-electron chi connectivity index (χ3n) is 7.97. The third-order valence-corrected chi connectivity index (χ3v) is 9.35. The summed E-state index contributed by atoms with van der Waals surface area (Å²) in [6.07, 6.45) is 4.12. The van der Waals surface area contributed by atoms with Gasteiger partial charge in [0, 0.05) is 44.8 Å². The number of carbonyl (C=O) groups is 1. The Kier molecular flexibility index (Phi) is 9.63. The first-order valence-corrected chi connectivity index (χ1v) is 15.8. The average molecular weight is 616 g/mol. The fourth-order valence-corrected chi connectivity index (χ4v) is 6.88. The number of thiocarbonyl (C=S) groups is 1. The topological polar surface area (TPSA) is 72.6 Å². The van der Waals surface area contributed by atoms with Crippen LogP contribution in [0.2, 0.25) is 0 Å². The van der Waals surface area contributed by atoms with Crippen molar-refractivity contribution in [1.29, 1.82) is 5.26 Å². The van der Waals surface area contributed by atoms with Crippen LogP contribution in [0.1, 0.15) is 42.0 Å². The Hall–Kier alpha value is -3.94. The van der Waals surface area contributed by atoms with E-state index in [1.54, 1.807) is 34.6 Å². The molecule has 0 atom stereocenters. The van der Waals surface area contributed by atoms with E-state index in [2.05, 4.69) is 17.9 Å². The highest BCUT2D eigenvalue weighted by Gasteiger charge is 2.33. The molecule has 3 heterocycles. The monoisotopic (exact) mass is 615 g/mol. The maximum absolute atomic E-state index is 14.5. The van der Waals surface area contributed by atoms with E-state index >= 15 is 0 Å². The molecule has 43 heavy (non-hydrogen) atoms. The quantitative estimate of drug-likeness (QED) is 0.225. The molecule has 2 saturated heterocycles. The Morgan fingerprint density at radius 1 is 1.00 bits per heavy atom. The fraction of sp³-hybridized carbons (Fsp3) is 0.333. The summed E-state index contributed by atoms with van der Waals surface area (Å²) in [7, 11) is 0. The molecule has 0 radical (unpaired) electrons. The Labute approximate surface area is 261 Å². The highest BCUT2D eigenvalue weighted by molar-refractivity contribution is 8.26. The van der Waals surface area contributed by atoms with Gasteiger partial charge in [0.2, 0.25) is 0 Å². The Bertz CT molecular complexity index is 1660. The molecule has 2 aliphatic rings. The molecule has 0 aliphatic carbocycles. The lowest BCUT2D eigenvalue weighted by molar-refractivity contribution is -0.122. The van der Waals surface area contributed by atoms with Gasteiger partial charge in [0.25, 0.3) is 11.5 Å². The van der Waals surface area contributed by atoms with Crippen LogP contribution in [0, 0.1) is 24.1 Å². The summed E-state index contributed by atoms with van der Waals surface area (Å²) in [6, 6.07) is 18.8. The van der Waals surface area contributed by atoms with Crippen molar-refractivity contribution in [1.82, 2.24) is 9.47 Å². The minimum absolute atomic E-state index is 0.0793. The number of aromatic nitrogens is 1. The molecule has 2 fully saturated rings. The molecule has 0 spiro atoms. The number of unbranched alkanes of at least 4 members (excludes halogenated alkanes) is 1. The Morgan fingerprint density at radius 2 is 1.67 bits per heavy atom. The van der Waals surface area contributed by atoms with Crippen LogP contribution in [-0.4, -0.2) is 52.4 Å². The number of hydrogen-bond acceptors (Lipinski definition) is 7. The van der Waals surface area contributed by atoms with Crippen LogP contribution in [-0.2, 0) is 17.8 Å². The molecule has 0 N–H and O–H groups in total. The molecule has 222 valence electrons. The molecule has 7 nitrogen and oxygen atoms in total. The summed E-state index contributed by atoms with van der Waals surface area (Å²) >= 11 is 6.86. The summed E-state index contributed by atoms with van der Waals surface area (Å²) < 4.78 is 16.7. The summed E-state index contributed by atoms with van der Waals surface area (Å²) in [5.74, 6) is 0.253. The van der Waals surface area contributed by atoms with Gasteiger partial charge in [-0.05, 0) is 49.1 Å². The van der Waals surface area contributed by atoms with Crippen LogP contribution in [0.15, 0.2) is 64.3 Å². The van der Waals surface area contributed by atoms with Crippen molar-refractivity contribution < 1.29 is 9.18 Å². The maximum atomic E-state index is 14.5. The fourth-order valence-electron chi connectivity index (χ4n) is 5.59. The molecule has 1 aromatic heterocycles. The first-order valence-electron chi connectivity index (χ1n) is 14.5. The lowest BCUT2D eigenvalue weighted by atomic mass is 10.0. The van der Waals surface area contributed by atoms with Crippen LogP contribution < -0.4 is 15.4 Å². The number of rotatable bonds is 9. The van der Waals surface area contributed by atoms with Crippen molar-refractivity contribution in [2.75, 3.05) is 42.5 Å². The highest BCUT2D eigenvalue weighted by Crippen LogP contribution is 2.36. The third kappa shape index (κ3) is 6.38. The van der Waals surface area contributed by atoms with E-state index in [4.69, 9.17) is 12.2 Å². The van der Waals surface area contributed by atoms with Crippen molar-refractivity contribution in [2.45, 2.75) is 39.7 Å². The van der Waals surface area contributed by atoms with Crippen LogP contribution in [0.4, 0.5) is 15.9 Å². The van der Waals surface area contributed by atoms with Gasteiger partial charge >= 0.3 is 0 Å². The van der Waals surface area contributed by atoms with E-state index in [0.717, 1.165) is 18.4 Å². The molecule has 2 aromatic carbocycles. The second-order valence-corrected chi connectivity index (χ2v) is 12.3. The van der Waals surface area contributed by atoms with Crippen molar-refractivity contribution >= 4 is 51.8 Å². The molecular formula is C33H34FN5O2S2. The van der Waals surface area contributed by atoms with Gasteiger partial charge in [0.1, 0.15) is 27.6 Å². The Balaban J connectivity index is 1.51.